The molecular weight excluding hydrogens is 488 g/mol. The van der Waals surface area contributed by atoms with Gasteiger partial charge in [-0.05, 0) is 46.2 Å². The first-order chi connectivity index (χ1) is 19.8. The lowest BCUT2D eigenvalue weighted by atomic mass is 9.94. The lowest BCUT2D eigenvalue weighted by Gasteiger charge is -2.14. The topological polar surface area (TPSA) is 51.6 Å². The van der Waals surface area contributed by atoms with Gasteiger partial charge >= 0.3 is 0 Å². The van der Waals surface area contributed by atoms with E-state index in [0.29, 0.717) is 17.5 Å². The fourth-order valence-electron chi connectivity index (χ4n) is 4.95. The Morgan fingerprint density at radius 3 is 1.43 bits per heavy atom. The number of nitrogens with zero attached hydrogens (tertiary/aromatic N) is 4. The Labute approximate surface area is 232 Å². The number of hydrogen-bond donors (Lipinski definition) is 0. The van der Waals surface area contributed by atoms with Crippen LogP contribution in [0.15, 0.2) is 146 Å². The molecule has 40 heavy (non-hydrogen) atoms. The third-order valence-electron chi connectivity index (χ3n) is 6.98. The maximum atomic E-state index is 5.03. The second-order valence-electron chi connectivity index (χ2n) is 9.58. The number of rotatable bonds is 5. The van der Waals surface area contributed by atoms with E-state index < -0.39 is 0 Å². The van der Waals surface area contributed by atoms with Crippen LogP contribution >= 0.6 is 0 Å². The van der Waals surface area contributed by atoms with Crippen molar-refractivity contribution < 1.29 is 0 Å². The van der Waals surface area contributed by atoms with E-state index in [1.807, 2.05) is 85.1 Å². The maximum absolute atomic E-state index is 5.03. The van der Waals surface area contributed by atoms with E-state index in [1.54, 1.807) is 0 Å². The Hall–Kier alpha value is -5.48. The van der Waals surface area contributed by atoms with Gasteiger partial charge in [-0.3, -0.25) is 4.98 Å². The molecule has 2 aromatic heterocycles. The summed E-state index contributed by atoms with van der Waals surface area (Å²) >= 11 is 0. The van der Waals surface area contributed by atoms with E-state index in [4.69, 9.17) is 15.0 Å². The van der Waals surface area contributed by atoms with Gasteiger partial charge < -0.3 is 0 Å². The Morgan fingerprint density at radius 2 is 0.850 bits per heavy atom. The Kier molecular flexibility index (Phi) is 6.11. The highest BCUT2D eigenvalue weighted by atomic mass is 15.0. The lowest BCUT2D eigenvalue weighted by molar-refractivity contribution is 1.07. The summed E-state index contributed by atoms with van der Waals surface area (Å²) in [6.07, 6.45) is 1.82. The summed E-state index contributed by atoms with van der Waals surface area (Å²) in [6, 6.07) is 47.5. The van der Waals surface area contributed by atoms with Gasteiger partial charge in [0.05, 0.1) is 5.69 Å². The standard InChI is InChI=1S/C36H24N4/c1-3-11-27(12-4-1)34-38-35(28-13-5-2-6-14-28)40-36(39-34)32-24-30-16-8-7-15-29(30)23-31(32)25-18-20-26(21-19-25)33-17-9-10-22-37-33/h1-24H. The summed E-state index contributed by atoms with van der Waals surface area (Å²) in [5.41, 5.74) is 7.03. The molecule has 0 aliphatic rings. The molecule has 5 aromatic carbocycles. The van der Waals surface area contributed by atoms with Gasteiger partial charge in [0.25, 0.3) is 0 Å². The molecule has 0 saturated heterocycles. The van der Waals surface area contributed by atoms with E-state index in [9.17, 15) is 0 Å². The number of benzene rings is 5. The van der Waals surface area contributed by atoms with Crippen molar-refractivity contribution in [2.24, 2.45) is 0 Å². The minimum Gasteiger partial charge on any atom is -0.256 e. The van der Waals surface area contributed by atoms with Gasteiger partial charge in [0.2, 0.25) is 0 Å². The number of aromatic nitrogens is 4. The first-order valence-corrected chi connectivity index (χ1v) is 13.2. The molecule has 188 valence electrons. The van der Waals surface area contributed by atoms with Gasteiger partial charge in [-0.15, -0.1) is 0 Å². The van der Waals surface area contributed by atoms with Gasteiger partial charge in [-0.1, -0.05) is 115 Å². The van der Waals surface area contributed by atoms with Gasteiger partial charge in [0, 0.05) is 28.5 Å². The Balaban J connectivity index is 1.44. The van der Waals surface area contributed by atoms with Crippen LogP contribution < -0.4 is 0 Å². The maximum Gasteiger partial charge on any atom is 0.164 e. The summed E-state index contributed by atoms with van der Waals surface area (Å²) in [6.45, 7) is 0. The molecule has 0 aliphatic carbocycles. The van der Waals surface area contributed by atoms with Crippen LogP contribution in [0.25, 0.3) is 67.3 Å². The average Bonchev–Trinajstić information content (AvgIpc) is 3.05. The molecule has 0 N–H and O–H groups in total. The van der Waals surface area contributed by atoms with E-state index in [2.05, 4.69) is 65.6 Å². The highest BCUT2D eigenvalue weighted by Gasteiger charge is 2.17. The lowest BCUT2D eigenvalue weighted by Crippen LogP contribution is -2.01. The van der Waals surface area contributed by atoms with Gasteiger partial charge in [0.15, 0.2) is 17.5 Å². The molecule has 0 unspecified atom stereocenters. The van der Waals surface area contributed by atoms with E-state index in [1.165, 1.54) is 0 Å². The molecule has 0 fully saturated rings. The molecule has 0 radical (unpaired) electrons. The van der Waals surface area contributed by atoms with Gasteiger partial charge in [0.1, 0.15) is 0 Å². The van der Waals surface area contributed by atoms with Crippen LogP contribution in [-0.4, -0.2) is 19.9 Å². The van der Waals surface area contributed by atoms with Gasteiger partial charge in [-0.2, -0.15) is 0 Å². The molecule has 4 nitrogen and oxygen atoms in total. The van der Waals surface area contributed by atoms with Crippen molar-refractivity contribution in [3.63, 3.8) is 0 Å². The average molecular weight is 513 g/mol. The van der Waals surface area contributed by atoms with Crippen LogP contribution in [0.5, 0.6) is 0 Å². The largest absolute Gasteiger partial charge is 0.256 e. The van der Waals surface area contributed by atoms with Gasteiger partial charge in [-0.25, -0.2) is 15.0 Å². The Bertz CT molecular complexity index is 1860. The third kappa shape index (κ3) is 4.63. The second-order valence-corrected chi connectivity index (χ2v) is 9.58. The summed E-state index contributed by atoms with van der Waals surface area (Å²) in [4.78, 5) is 19.4. The molecule has 0 bridgehead atoms. The van der Waals surface area contributed by atoms with Crippen LogP contribution in [0.1, 0.15) is 0 Å². The quantitative estimate of drug-likeness (QED) is 0.231. The predicted octanol–water partition coefficient (Wildman–Crippen LogP) is 8.75. The zero-order valence-electron chi connectivity index (χ0n) is 21.6. The first kappa shape index (κ1) is 23.6. The van der Waals surface area contributed by atoms with Crippen molar-refractivity contribution in [3.05, 3.63) is 146 Å². The summed E-state index contributed by atoms with van der Waals surface area (Å²) in [7, 11) is 0. The second kappa shape index (κ2) is 10.4. The third-order valence-corrected chi connectivity index (χ3v) is 6.98. The molecule has 7 aromatic rings. The Morgan fingerprint density at radius 1 is 0.350 bits per heavy atom. The molecule has 0 aliphatic heterocycles. The van der Waals surface area contributed by atoms with E-state index in [0.717, 1.165) is 49.8 Å². The molecular formula is C36H24N4. The zero-order valence-corrected chi connectivity index (χ0v) is 21.6. The highest BCUT2D eigenvalue weighted by Crippen LogP contribution is 2.36. The fourth-order valence-corrected chi connectivity index (χ4v) is 4.95. The first-order valence-electron chi connectivity index (χ1n) is 13.2. The van der Waals surface area contributed by atoms with Crippen molar-refractivity contribution in [1.29, 1.82) is 0 Å². The van der Waals surface area contributed by atoms with Crippen molar-refractivity contribution in [3.8, 4) is 56.5 Å². The molecule has 0 saturated carbocycles. The van der Waals surface area contributed by atoms with E-state index in [-0.39, 0.29) is 0 Å². The normalized spacial score (nSPS) is 11.0. The molecule has 4 heteroatoms. The smallest absolute Gasteiger partial charge is 0.164 e. The fraction of sp³-hybridized carbons (Fsp3) is 0. The molecule has 2 heterocycles. The number of pyridine rings is 1. The molecule has 7 rings (SSSR count). The van der Waals surface area contributed by atoms with Crippen LogP contribution in [0, 0.1) is 0 Å². The minimum atomic E-state index is 0.641. The number of hydrogen-bond acceptors (Lipinski definition) is 4. The zero-order chi connectivity index (χ0) is 26.7. The SMILES string of the molecule is c1ccc(-c2nc(-c3ccccc3)nc(-c3cc4ccccc4cc3-c3ccc(-c4ccccn4)cc3)n2)cc1. The van der Waals surface area contributed by atoms with Crippen LogP contribution in [0.2, 0.25) is 0 Å². The monoisotopic (exact) mass is 512 g/mol. The van der Waals surface area contributed by atoms with Crippen LogP contribution in [-0.2, 0) is 0 Å². The van der Waals surface area contributed by atoms with Crippen molar-refractivity contribution in [1.82, 2.24) is 19.9 Å². The summed E-state index contributed by atoms with van der Waals surface area (Å²) < 4.78 is 0. The molecule has 0 spiro atoms. The van der Waals surface area contributed by atoms with Crippen LogP contribution in [0.3, 0.4) is 0 Å². The van der Waals surface area contributed by atoms with Crippen molar-refractivity contribution in [2.75, 3.05) is 0 Å². The molecule has 0 amide bonds. The number of fused-ring (bicyclic) bond motifs is 1. The summed E-state index contributed by atoms with van der Waals surface area (Å²) in [5.74, 6) is 1.94. The molecule has 0 atom stereocenters. The minimum absolute atomic E-state index is 0.641. The van der Waals surface area contributed by atoms with Crippen LogP contribution in [0.4, 0.5) is 0 Å². The predicted molar refractivity (Wildman–Crippen MR) is 162 cm³/mol. The van der Waals surface area contributed by atoms with E-state index >= 15 is 0 Å². The van der Waals surface area contributed by atoms with Crippen molar-refractivity contribution >= 4 is 10.8 Å². The summed E-state index contributed by atoms with van der Waals surface area (Å²) in [5, 5.41) is 2.30. The van der Waals surface area contributed by atoms with Crippen molar-refractivity contribution in [2.45, 2.75) is 0 Å². The highest BCUT2D eigenvalue weighted by molar-refractivity contribution is 5.95.